The Hall–Kier alpha value is -2.88. The molecule has 0 atom stereocenters. The summed E-state index contributed by atoms with van der Waals surface area (Å²) in [6, 6.07) is 9.97. The number of nitrogens with zero attached hydrogens (tertiary/aromatic N) is 2. The van der Waals surface area contributed by atoms with Gasteiger partial charge < -0.3 is 15.0 Å². The van der Waals surface area contributed by atoms with Gasteiger partial charge in [0, 0.05) is 17.1 Å². The van der Waals surface area contributed by atoms with Crippen molar-refractivity contribution in [1.82, 2.24) is 5.32 Å². The average Bonchev–Trinajstić information content (AvgIpc) is 2.72. The van der Waals surface area contributed by atoms with Crippen LogP contribution in [0.1, 0.15) is 29.2 Å². The summed E-state index contributed by atoms with van der Waals surface area (Å²) in [6.45, 7) is 1.59. The van der Waals surface area contributed by atoms with Gasteiger partial charge in [-0.25, -0.2) is 0 Å². The Labute approximate surface area is 179 Å². The third-order valence-electron chi connectivity index (χ3n) is 3.95. The van der Waals surface area contributed by atoms with Crippen LogP contribution in [0.2, 0.25) is 0 Å². The van der Waals surface area contributed by atoms with Crippen LogP contribution < -0.4 is 5.32 Å². The highest BCUT2D eigenvalue weighted by molar-refractivity contribution is 9.10. The highest BCUT2D eigenvalue weighted by Gasteiger charge is 2.30. The number of carbonyl (C=O) groups excluding carboxylic acids is 1. The molecule has 0 fully saturated rings. The molecule has 2 rings (SSSR count). The molecule has 6 nitrogen and oxygen atoms in total. The molecule has 0 aromatic heterocycles. The zero-order valence-corrected chi connectivity index (χ0v) is 18.0. The fraction of sp³-hybridized carbons (Fsp3) is 0.250. The quantitative estimate of drug-likeness (QED) is 0.463. The van der Waals surface area contributed by atoms with E-state index in [0.29, 0.717) is 26.9 Å². The fourth-order valence-electron chi connectivity index (χ4n) is 2.44. The van der Waals surface area contributed by atoms with Gasteiger partial charge in [0.2, 0.25) is 0 Å². The molecule has 2 aromatic carbocycles. The molecule has 0 aliphatic heterocycles. The SMILES string of the molecule is CNC(=O)/C(=N/OC)c1cc(CO/N=C(\C)c2cccc(C(F)(F)F)c2)ccc1Br. The molecule has 2 aromatic rings. The highest BCUT2D eigenvalue weighted by Crippen LogP contribution is 2.29. The minimum atomic E-state index is -4.43. The van der Waals surface area contributed by atoms with Gasteiger partial charge in [0.05, 0.1) is 11.3 Å². The van der Waals surface area contributed by atoms with Gasteiger partial charge in [-0.15, -0.1) is 0 Å². The van der Waals surface area contributed by atoms with Crippen molar-refractivity contribution < 1.29 is 27.6 Å². The third-order valence-corrected chi connectivity index (χ3v) is 4.64. The molecule has 1 amide bonds. The Balaban J connectivity index is 2.18. The average molecular weight is 486 g/mol. The first-order valence-electron chi connectivity index (χ1n) is 8.63. The fourth-order valence-corrected chi connectivity index (χ4v) is 2.88. The van der Waals surface area contributed by atoms with E-state index in [1.165, 1.54) is 26.3 Å². The number of amides is 1. The van der Waals surface area contributed by atoms with Crippen LogP contribution in [-0.4, -0.2) is 31.5 Å². The minimum Gasteiger partial charge on any atom is -0.398 e. The molecule has 10 heteroatoms. The molecule has 0 saturated heterocycles. The lowest BCUT2D eigenvalue weighted by molar-refractivity contribution is -0.137. The Kier molecular flexibility index (Phi) is 7.99. The third kappa shape index (κ3) is 6.06. The van der Waals surface area contributed by atoms with E-state index in [2.05, 4.69) is 31.6 Å². The Morgan fingerprint density at radius 2 is 1.90 bits per heavy atom. The number of halogens is 4. The number of hydrogen-bond donors (Lipinski definition) is 1. The lowest BCUT2D eigenvalue weighted by Crippen LogP contribution is -2.29. The second kappa shape index (κ2) is 10.2. The zero-order valence-electron chi connectivity index (χ0n) is 16.4. The molecular formula is C20H19BrF3N3O3. The number of carbonyl (C=O) groups is 1. The normalized spacial score (nSPS) is 12.5. The molecule has 160 valence electrons. The summed E-state index contributed by atoms with van der Waals surface area (Å²) < 4.78 is 39.2. The summed E-state index contributed by atoms with van der Waals surface area (Å²) in [5, 5.41) is 10.1. The van der Waals surface area contributed by atoms with E-state index in [1.54, 1.807) is 25.1 Å². The summed E-state index contributed by atoms with van der Waals surface area (Å²) >= 11 is 3.37. The number of alkyl halides is 3. The summed E-state index contributed by atoms with van der Waals surface area (Å²) in [5.41, 5.74) is 1.06. The molecule has 1 N–H and O–H groups in total. The predicted octanol–water partition coefficient (Wildman–Crippen LogP) is 4.51. The smallest absolute Gasteiger partial charge is 0.398 e. The molecule has 0 radical (unpaired) electrons. The van der Waals surface area contributed by atoms with E-state index < -0.39 is 17.6 Å². The van der Waals surface area contributed by atoms with Crippen molar-refractivity contribution in [3.8, 4) is 0 Å². The van der Waals surface area contributed by atoms with E-state index in [9.17, 15) is 18.0 Å². The maximum atomic E-state index is 12.9. The van der Waals surface area contributed by atoms with Crippen LogP contribution >= 0.6 is 15.9 Å². The maximum absolute atomic E-state index is 12.9. The second-order valence-corrected chi connectivity index (χ2v) is 6.90. The van der Waals surface area contributed by atoms with Crippen molar-refractivity contribution in [3.63, 3.8) is 0 Å². The van der Waals surface area contributed by atoms with Gasteiger partial charge in [-0.3, -0.25) is 4.79 Å². The summed E-state index contributed by atoms with van der Waals surface area (Å²) in [4.78, 5) is 22.1. The van der Waals surface area contributed by atoms with Gasteiger partial charge in [-0.2, -0.15) is 13.2 Å². The van der Waals surface area contributed by atoms with E-state index in [0.717, 1.165) is 12.1 Å². The van der Waals surface area contributed by atoms with Crippen LogP contribution in [0.25, 0.3) is 0 Å². The number of rotatable bonds is 7. The van der Waals surface area contributed by atoms with Crippen molar-refractivity contribution >= 4 is 33.3 Å². The van der Waals surface area contributed by atoms with Crippen molar-refractivity contribution in [2.45, 2.75) is 19.7 Å². The molecular weight excluding hydrogens is 467 g/mol. The zero-order chi connectivity index (χ0) is 22.3. The first-order valence-corrected chi connectivity index (χ1v) is 9.43. The van der Waals surface area contributed by atoms with E-state index in [1.807, 2.05) is 0 Å². The first kappa shape index (κ1) is 23.4. The Morgan fingerprint density at radius 1 is 1.17 bits per heavy atom. The number of benzene rings is 2. The van der Waals surface area contributed by atoms with E-state index >= 15 is 0 Å². The second-order valence-electron chi connectivity index (χ2n) is 6.04. The molecule has 0 spiro atoms. The number of nitrogens with one attached hydrogen (secondary N) is 1. The maximum Gasteiger partial charge on any atom is 0.416 e. The molecule has 0 saturated carbocycles. The lowest BCUT2D eigenvalue weighted by atomic mass is 10.1. The van der Waals surface area contributed by atoms with Crippen molar-refractivity contribution in [2.24, 2.45) is 10.3 Å². The number of oxime groups is 2. The first-order chi connectivity index (χ1) is 14.2. The summed E-state index contributed by atoms with van der Waals surface area (Å²) in [6.07, 6.45) is -4.43. The lowest BCUT2D eigenvalue weighted by Gasteiger charge is -2.10. The van der Waals surface area contributed by atoms with Crippen LogP contribution in [-0.2, 0) is 27.3 Å². The molecule has 0 heterocycles. The van der Waals surface area contributed by atoms with E-state index in [4.69, 9.17) is 9.68 Å². The predicted molar refractivity (Wildman–Crippen MR) is 110 cm³/mol. The van der Waals surface area contributed by atoms with Gasteiger partial charge in [-0.05, 0) is 42.3 Å². The molecule has 30 heavy (non-hydrogen) atoms. The van der Waals surface area contributed by atoms with Crippen molar-refractivity contribution in [1.29, 1.82) is 0 Å². The topological polar surface area (TPSA) is 72.3 Å². The van der Waals surface area contributed by atoms with Gasteiger partial charge in [0.25, 0.3) is 5.91 Å². The number of hydrogen-bond acceptors (Lipinski definition) is 5. The van der Waals surface area contributed by atoms with Gasteiger partial charge in [0.1, 0.15) is 13.7 Å². The van der Waals surface area contributed by atoms with Crippen LogP contribution in [0.5, 0.6) is 0 Å². The molecule has 0 unspecified atom stereocenters. The molecule has 0 aliphatic rings. The number of likely N-dealkylation sites (N-methyl/N-ethyl adjacent to an activating group) is 1. The highest BCUT2D eigenvalue weighted by atomic mass is 79.9. The largest absolute Gasteiger partial charge is 0.416 e. The van der Waals surface area contributed by atoms with Crippen LogP contribution in [0.3, 0.4) is 0 Å². The summed E-state index contributed by atoms with van der Waals surface area (Å²) in [7, 11) is 2.80. The van der Waals surface area contributed by atoms with Crippen LogP contribution in [0.4, 0.5) is 13.2 Å². The minimum absolute atomic E-state index is 0.0323. The van der Waals surface area contributed by atoms with Crippen LogP contribution in [0, 0.1) is 0 Å². The Morgan fingerprint density at radius 3 is 2.53 bits per heavy atom. The summed E-state index contributed by atoms with van der Waals surface area (Å²) in [5.74, 6) is -0.436. The molecule has 0 aliphatic carbocycles. The monoisotopic (exact) mass is 485 g/mol. The van der Waals surface area contributed by atoms with Crippen molar-refractivity contribution in [2.75, 3.05) is 14.2 Å². The van der Waals surface area contributed by atoms with Crippen molar-refractivity contribution in [3.05, 3.63) is 69.2 Å². The van der Waals surface area contributed by atoms with Crippen LogP contribution in [0.15, 0.2) is 57.2 Å². The van der Waals surface area contributed by atoms with E-state index in [-0.39, 0.29) is 12.3 Å². The van der Waals surface area contributed by atoms with Gasteiger partial charge in [0.15, 0.2) is 5.71 Å². The van der Waals surface area contributed by atoms with Gasteiger partial charge in [-0.1, -0.05) is 44.4 Å². The molecule has 0 bridgehead atoms. The van der Waals surface area contributed by atoms with Gasteiger partial charge >= 0.3 is 6.18 Å². The Bertz CT molecular complexity index is 975. The standard InChI is InChI=1S/C20H19BrF3N3O3/c1-12(14-5-4-6-15(10-14)20(22,23)24)26-30-11-13-7-8-17(21)16(9-13)18(27-29-3)19(28)25-2/h4-10H,11H2,1-3H3,(H,25,28)/b26-12+,27-18+.